The van der Waals surface area contributed by atoms with E-state index in [-0.39, 0.29) is 17.3 Å². The first-order valence-electron chi connectivity index (χ1n) is 5.94. The Balaban J connectivity index is 3.60. The summed E-state index contributed by atoms with van der Waals surface area (Å²) >= 11 is 0. The Bertz CT molecular complexity index is 563. The fourth-order valence-corrected chi connectivity index (χ4v) is 2.10. The number of aliphatic carboxylic acids is 1. The summed E-state index contributed by atoms with van der Waals surface area (Å²) in [6, 6.07) is 0. The van der Waals surface area contributed by atoms with Gasteiger partial charge < -0.3 is 5.11 Å². The Hall–Kier alpha value is -1.79. The van der Waals surface area contributed by atoms with Gasteiger partial charge in [0, 0.05) is 17.3 Å². The normalized spacial score (nSPS) is 13.7. The maximum Gasteiger partial charge on any atom is 0.417 e. The number of rotatable bonds is 2. The number of hydrogen-bond acceptors (Lipinski definition) is 2. The van der Waals surface area contributed by atoms with E-state index >= 15 is 0 Å². The van der Waals surface area contributed by atoms with Gasteiger partial charge in [-0.3, -0.25) is 4.68 Å². The van der Waals surface area contributed by atoms with Crippen molar-refractivity contribution >= 4 is 11.5 Å². The molecule has 0 aromatic carbocycles. The molecule has 1 aromatic rings. The van der Waals surface area contributed by atoms with Crippen molar-refractivity contribution in [1.29, 1.82) is 0 Å². The molecular formula is C13H17F3N2O2. The highest BCUT2D eigenvalue weighted by molar-refractivity contribution is 5.92. The van der Waals surface area contributed by atoms with E-state index in [1.807, 2.05) is 20.8 Å². The minimum absolute atomic E-state index is 0.155. The molecule has 0 bridgehead atoms. The second-order valence-corrected chi connectivity index (χ2v) is 5.52. The largest absolute Gasteiger partial charge is 0.478 e. The van der Waals surface area contributed by atoms with Gasteiger partial charge in [0.05, 0.1) is 16.8 Å². The number of nitrogens with zero attached hydrogens (tertiary/aromatic N) is 2. The Morgan fingerprint density at radius 1 is 1.25 bits per heavy atom. The third-order valence-electron chi connectivity index (χ3n) is 2.77. The van der Waals surface area contributed by atoms with Crippen LogP contribution >= 0.6 is 0 Å². The molecule has 0 unspecified atom stereocenters. The summed E-state index contributed by atoms with van der Waals surface area (Å²) in [5, 5.41) is 12.8. The van der Waals surface area contributed by atoms with Gasteiger partial charge >= 0.3 is 12.1 Å². The van der Waals surface area contributed by atoms with Crippen LogP contribution in [0.1, 0.15) is 37.7 Å². The van der Waals surface area contributed by atoms with E-state index in [9.17, 15) is 18.0 Å². The van der Waals surface area contributed by atoms with Gasteiger partial charge in [-0.15, -0.1) is 0 Å². The number of allylic oxidation sites excluding steroid dienone is 1. The molecule has 1 rings (SSSR count). The van der Waals surface area contributed by atoms with Crippen LogP contribution in [0.3, 0.4) is 0 Å². The van der Waals surface area contributed by atoms with Gasteiger partial charge in [-0.1, -0.05) is 0 Å². The molecule has 1 N–H and O–H groups in total. The van der Waals surface area contributed by atoms with Gasteiger partial charge in [-0.25, -0.2) is 4.79 Å². The lowest BCUT2D eigenvalue weighted by Gasteiger charge is -2.22. The average Bonchev–Trinajstić information content (AvgIpc) is 2.49. The van der Waals surface area contributed by atoms with Gasteiger partial charge in [0.2, 0.25) is 0 Å². The number of aryl methyl sites for hydroxylation is 1. The third kappa shape index (κ3) is 3.20. The van der Waals surface area contributed by atoms with E-state index in [1.165, 1.54) is 18.5 Å². The van der Waals surface area contributed by atoms with E-state index in [0.717, 1.165) is 0 Å². The molecule has 1 heterocycles. The maximum absolute atomic E-state index is 13.1. The van der Waals surface area contributed by atoms with Crippen molar-refractivity contribution in [2.24, 2.45) is 0 Å². The first-order chi connectivity index (χ1) is 8.85. The van der Waals surface area contributed by atoms with Gasteiger partial charge in [0.15, 0.2) is 0 Å². The van der Waals surface area contributed by atoms with Crippen LogP contribution in [0.25, 0.3) is 5.57 Å². The van der Waals surface area contributed by atoms with Crippen molar-refractivity contribution in [3.8, 4) is 0 Å². The zero-order chi connectivity index (χ0) is 15.9. The number of carboxylic acid groups (broad SMARTS) is 1. The second kappa shape index (κ2) is 4.96. The Morgan fingerprint density at radius 3 is 2.05 bits per heavy atom. The van der Waals surface area contributed by atoms with Gasteiger partial charge in [0.25, 0.3) is 0 Å². The van der Waals surface area contributed by atoms with Crippen molar-refractivity contribution in [2.45, 2.75) is 46.3 Å². The molecule has 7 heteroatoms. The molecule has 20 heavy (non-hydrogen) atoms. The van der Waals surface area contributed by atoms with Crippen LogP contribution in [0.4, 0.5) is 13.2 Å². The number of halogens is 3. The van der Waals surface area contributed by atoms with Crippen molar-refractivity contribution in [2.75, 3.05) is 0 Å². The predicted octanol–water partition coefficient (Wildman–Crippen LogP) is 3.29. The van der Waals surface area contributed by atoms with E-state index < -0.39 is 23.3 Å². The van der Waals surface area contributed by atoms with Gasteiger partial charge in [-0.05, 0) is 34.6 Å². The van der Waals surface area contributed by atoms with Crippen LogP contribution in [0.2, 0.25) is 0 Å². The summed E-state index contributed by atoms with van der Waals surface area (Å²) in [4.78, 5) is 10.7. The molecule has 112 valence electrons. The van der Waals surface area contributed by atoms with Gasteiger partial charge in [-0.2, -0.15) is 18.3 Å². The van der Waals surface area contributed by atoms with E-state index in [4.69, 9.17) is 5.11 Å². The lowest BCUT2D eigenvalue weighted by Crippen LogP contribution is -2.24. The summed E-state index contributed by atoms with van der Waals surface area (Å²) < 4.78 is 40.7. The Kier molecular flexibility index (Phi) is 4.03. The topological polar surface area (TPSA) is 55.1 Å². The number of alkyl halides is 3. The predicted molar refractivity (Wildman–Crippen MR) is 68.4 cm³/mol. The molecule has 0 aliphatic heterocycles. The Labute approximate surface area is 114 Å². The molecule has 0 saturated heterocycles. The molecule has 1 aromatic heterocycles. The number of aromatic nitrogens is 2. The number of hydrogen-bond donors (Lipinski definition) is 1. The highest BCUT2D eigenvalue weighted by atomic mass is 19.4. The monoisotopic (exact) mass is 290 g/mol. The molecule has 0 saturated carbocycles. The minimum Gasteiger partial charge on any atom is -0.478 e. The summed E-state index contributed by atoms with van der Waals surface area (Å²) in [5.41, 5.74) is -1.40. The molecule has 0 aliphatic carbocycles. The number of carbonyl (C=O) groups is 1. The van der Waals surface area contributed by atoms with Crippen LogP contribution in [-0.2, 0) is 10.3 Å². The molecule has 0 radical (unpaired) electrons. The quantitative estimate of drug-likeness (QED) is 0.850. The third-order valence-corrected chi connectivity index (χ3v) is 2.77. The smallest absolute Gasteiger partial charge is 0.417 e. The minimum atomic E-state index is -4.75. The van der Waals surface area contributed by atoms with E-state index in [1.54, 1.807) is 0 Å². The number of carboxylic acids is 1. The van der Waals surface area contributed by atoms with Crippen LogP contribution < -0.4 is 0 Å². The fraction of sp³-hybridized carbons (Fsp3) is 0.538. The zero-order valence-corrected chi connectivity index (χ0v) is 12.0. The highest BCUT2D eigenvalue weighted by Crippen LogP contribution is 2.37. The first kappa shape index (κ1) is 16.3. The molecule has 0 fully saturated rings. The van der Waals surface area contributed by atoms with Gasteiger partial charge in [0.1, 0.15) is 0 Å². The summed E-state index contributed by atoms with van der Waals surface area (Å²) in [6.07, 6.45) is -4.57. The Morgan fingerprint density at radius 2 is 1.75 bits per heavy atom. The van der Waals surface area contributed by atoms with Crippen LogP contribution in [0.15, 0.2) is 6.08 Å². The standard InChI is InChI=1S/C13H17F3N2O2/c1-7-11(8(2)18(17-7)12(3,4)5)9(6-10(19)20)13(14,15)16/h6H,1-5H3,(H,19,20). The van der Waals surface area contributed by atoms with Crippen molar-refractivity contribution < 1.29 is 23.1 Å². The van der Waals surface area contributed by atoms with Crippen LogP contribution in [-0.4, -0.2) is 27.0 Å². The van der Waals surface area contributed by atoms with Crippen molar-refractivity contribution in [1.82, 2.24) is 9.78 Å². The molecule has 0 spiro atoms. The summed E-state index contributed by atoms with van der Waals surface area (Å²) in [7, 11) is 0. The van der Waals surface area contributed by atoms with E-state index in [0.29, 0.717) is 5.69 Å². The molecule has 0 atom stereocenters. The highest BCUT2D eigenvalue weighted by Gasteiger charge is 2.39. The van der Waals surface area contributed by atoms with Crippen LogP contribution in [0.5, 0.6) is 0 Å². The van der Waals surface area contributed by atoms with Crippen molar-refractivity contribution in [3.05, 3.63) is 23.0 Å². The molecule has 0 amide bonds. The van der Waals surface area contributed by atoms with Crippen molar-refractivity contribution in [3.63, 3.8) is 0 Å². The fourth-order valence-electron chi connectivity index (χ4n) is 2.10. The molecule has 0 aliphatic rings. The molecule has 4 nitrogen and oxygen atoms in total. The lowest BCUT2D eigenvalue weighted by molar-refractivity contribution is -0.131. The van der Waals surface area contributed by atoms with Crippen LogP contribution in [0, 0.1) is 13.8 Å². The summed E-state index contributed by atoms with van der Waals surface area (Å²) in [6.45, 7) is 8.37. The SMILES string of the molecule is Cc1nn(C(C)(C)C)c(C)c1C(=CC(=O)O)C(F)(F)F. The first-order valence-corrected chi connectivity index (χ1v) is 5.94. The summed E-state index contributed by atoms with van der Waals surface area (Å²) in [5.74, 6) is -1.64. The van der Waals surface area contributed by atoms with E-state index in [2.05, 4.69) is 5.10 Å². The second-order valence-electron chi connectivity index (χ2n) is 5.52. The zero-order valence-electron chi connectivity index (χ0n) is 12.0. The average molecular weight is 290 g/mol. The molecular weight excluding hydrogens is 273 g/mol. The lowest BCUT2D eigenvalue weighted by atomic mass is 10.0. The maximum atomic E-state index is 13.1.